The molecule has 1 aliphatic heterocycles. The van der Waals surface area contributed by atoms with Crippen LogP contribution in [-0.2, 0) is 24.8 Å². The summed E-state index contributed by atoms with van der Waals surface area (Å²) < 4.78 is 5.37. The average Bonchev–Trinajstić information content (AvgIpc) is 2.97. The maximum Gasteiger partial charge on any atom is 0.119 e. The zero-order valence-corrected chi connectivity index (χ0v) is 11.7. The third-order valence-corrected chi connectivity index (χ3v) is 4.74. The minimum atomic E-state index is 0.00689. The number of hydrogen-bond acceptors (Lipinski definition) is 3. The first kappa shape index (κ1) is 12.0. The molecule has 1 atom stereocenters. The van der Waals surface area contributed by atoms with Crippen LogP contribution in [0.3, 0.4) is 0 Å². The Morgan fingerprint density at radius 3 is 3.10 bits per heavy atom. The summed E-state index contributed by atoms with van der Waals surface area (Å²) in [4.78, 5) is 7.90. The molecule has 0 radical (unpaired) electrons. The molecule has 1 aromatic heterocycles. The van der Waals surface area contributed by atoms with Crippen LogP contribution in [-0.4, -0.2) is 23.6 Å². The Hall–Kier alpha value is -1.81. The molecule has 0 bridgehead atoms. The lowest BCUT2D eigenvalue weighted by Gasteiger charge is -2.41. The Bertz CT molecular complexity index is 649. The molecule has 2 N–H and O–H groups in total. The third kappa shape index (κ3) is 1.68. The smallest absolute Gasteiger partial charge is 0.119 e. The lowest BCUT2D eigenvalue weighted by atomic mass is 9.74. The Balaban J connectivity index is 1.77. The Labute approximate surface area is 118 Å². The molecule has 2 heterocycles. The fraction of sp³-hybridized carbons (Fsp3) is 0.438. The quantitative estimate of drug-likeness (QED) is 0.832. The van der Waals surface area contributed by atoms with E-state index in [0.717, 1.165) is 38.0 Å². The number of rotatable bonds is 1. The number of imidazole rings is 1. The van der Waals surface area contributed by atoms with Crippen LogP contribution >= 0.6 is 0 Å². The maximum atomic E-state index is 5.37. The van der Waals surface area contributed by atoms with Gasteiger partial charge in [0.15, 0.2) is 0 Å². The van der Waals surface area contributed by atoms with Crippen LogP contribution < -0.4 is 10.1 Å². The first-order chi connectivity index (χ1) is 9.81. The predicted molar refractivity (Wildman–Crippen MR) is 77.0 cm³/mol. The van der Waals surface area contributed by atoms with Gasteiger partial charge < -0.3 is 15.0 Å². The average molecular weight is 269 g/mol. The summed E-state index contributed by atoms with van der Waals surface area (Å²) in [6, 6.07) is 6.44. The maximum absolute atomic E-state index is 5.37. The number of aromatic amines is 1. The van der Waals surface area contributed by atoms with Crippen molar-refractivity contribution in [2.75, 3.05) is 13.7 Å². The predicted octanol–water partition coefficient (Wildman–Crippen LogP) is 1.95. The summed E-state index contributed by atoms with van der Waals surface area (Å²) in [7, 11) is 1.73. The summed E-state index contributed by atoms with van der Waals surface area (Å²) in [5.74, 6) is 0.943. The van der Waals surface area contributed by atoms with E-state index in [-0.39, 0.29) is 5.54 Å². The molecule has 0 amide bonds. The molecule has 1 aliphatic carbocycles. The van der Waals surface area contributed by atoms with Gasteiger partial charge in [-0.15, -0.1) is 0 Å². The second-order valence-electron chi connectivity index (χ2n) is 5.80. The number of nitrogens with zero attached hydrogens (tertiary/aromatic N) is 1. The number of nitrogens with one attached hydrogen (secondary N) is 2. The second-order valence-corrected chi connectivity index (χ2v) is 5.80. The van der Waals surface area contributed by atoms with Crippen LogP contribution in [0, 0.1) is 0 Å². The van der Waals surface area contributed by atoms with Crippen LogP contribution in [0.15, 0.2) is 24.5 Å². The molecule has 1 spiro atoms. The highest BCUT2D eigenvalue weighted by atomic mass is 16.5. The topological polar surface area (TPSA) is 49.9 Å². The normalized spacial score (nSPS) is 24.2. The summed E-state index contributed by atoms with van der Waals surface area (Å²) in [6.07, 6.45) is 6.09. The molecule has 4 rings (SSSR count). The van der Waals surface area contributed by atoms with Gasteiger partial charge in [-0.1, -0.05) is 6.07 Å². The lowest BCUT2D eigenvalue weighted by Crippen LogP contribution is -2.51. The second kappa shape index (κ2) is 4.35. The van der Waals surface area contributed by atoms with E-state index in [4.69, 9.17) is 4.74 Å². The Morgan fingerprint density at radius 1 is 1.25 bits per heavy atom. The zero-order chi connectivity index (χ0) is 13.6. The van der Waals surface area contributed by atoms with Crippen molar-refractivity contribution < 1.29 is 4.74 Å². The number of aromatic nitrogens is 2. The first-order valence-corrected chi connectivity index (χ1v) is 7.24. The van der Waals surface area contributed by atoms with Crippen LogP contribution in [0.1, 0.15) is 28.9 Å². The molecular weight excluding hydrogens is 250 g/mol. The van der Waals surface area contributed by atoms with E-state index in [2.05, 4.69) is 33.5 Å². The molecule has 0 saturated heterocycles. The van der Waals surface area contributed by atoms with Gasteiger partial charge in [0.25, 0.3) is 0 Å². The number of benzene rings is 1. The summed E-state index contributed by atoms with van der Waals surface area (Å²) in [6.45, 7) is 1.02. The molecule has 4 nitrogen and oxygen atoms in total. The van der Waals surface area contributed by atoms with Crippen LogP contribution in [0.4, 0.5) is 0 Å². The SMILES string of the molecule is COc1ccc2c(c1)C[C@@]1(CC2)NCCc2[nH]cnc21. The van der Waals surface area contributed by atoms with E-state index in [9.17, 15) is 0 Å². The number of fused-ring (bicyclic) bond motifs is 3. The molecule has 20 heavy (non-hydrogen) atoms. The minimum Gasteiger partial charge on any atom is -0.497 e. The van der Waals surface area contributed by atoms with E-state index in [0.29, 0.717) is 0 Å². The molecule has 4 heteroatoms. The number of hydrogen-bond donors (Lipinski definition) is 2. The molecule has 1 aromatic carbocycles. The molecule has 0 unspecified atom stereocenters. The van der Waals surface area contributed by atoms with Gasteiger partial charge in [0.1, 0.15) is 5.75 Å². The fourth-order valence-corrected chi connectivity index (χ4v) is 3.69. The van der Waals surface area contributed by atoms with Crippen molar-refractivity contribution in [1.82, 2.24) is 15.3 Å². The molecule has 2 aromatic rings. The van der Waals surface area contributed by atoms with Gasteiger partial charge in [-0.25, -0.2) is 4.98 Å². The first-order valence-electron chi connectivity index (χ1n) is 7.24. The van der Waals surface area contributed by atoms with Gasteiger partial charge in [-0.3, -0.25) is 0 Å². The van der Waals surface area contributed by atoms with Crippen molar-refractivity contribution in [2.24, 2.45) is 0 Å². The highest BCUT2D eigenvalue weighted by Gasteiger charge is 2.41. The van der Waals surface area contributed by atoms with Crippen molar-refractivity contribution in [1.29, 1.82) is 0 Å². The lowest BCUT2D eigenvalue weighted by molar-refractivity contribution is 0.268. The summed E-state index contributed by atoms with van der Waals surface area (Å²) in [5, 5.41) is 3.73. The van der Waals surface area contributed by atoms with Crippen molar-refractivity contribution >= 4 is 0 Å². The fourth-order valence-electron chi connectivity index (χ4n) is 3.69. The van der Waals surface area contributed by atoms with Crippen LogP contribution in [0.5, 0.6) is 5.75 Å². The van der Waals surface area contributed by atoms with Crippen molar-refractivity contribution in [3.05, 3.63) is 47.0 Å². The zero-order valence-electron chi connectivity index (χ0n) is 11.7. The van der Waals surface area contributed by atoms with E-state index in [1.54, 1.807) is 7.11 Å². The molecule has 104 valence electrons. The van der Waals surface area contributed by atoms with E-state index < -0.39 is 0 Å². The van der Waals surface area contributed by atoms with Gasteiger partial charge in [0, 0.05) is 18.7 Å². The van der Waals surface area contributed by atoms with Gasteiger partial charge in [0.05, 0.1) is 24.7 Å². The standard InChI is InChI=1S/C16H19N3O/c1-20-13-3-2-11-4-6-16(9-12(11)8-13)15-14(5-7-19-16)17-10-18-15/h2-3,8,10,19H,4-7,9H2,1H3,(H,17,18)/t16-/m1/s1. The van der Waals surface area contributed by atoms with Gasteiger partial charge >= 0.3 is 0 Å². The Kier molecular flexibility index (Phi) is 2.60. The molecular formula is C16H19N3O. The summed E-state index contributed by atoms with van der Waals surface area (Å²) in [5.41, 5.74) is 5.36. The van der Waals surface area contributed by atoms with Crippen molar-refractivity contribution in [3.8, 4) is 5.75 Å². The Morgan fingerprint density at radius 2 is 2.20 bits per heavy atom. The van der Waals surface area contributed by atoms with Gasteiger partial charge in [-0.2, -0.15) is 0 Å². The number of aryl methyl sites for hydroxylation is 1. The largest absolute Gasteiger partial charge is 0.497 e. The highest BCUT2D eigenvalue weighted by molar-refractivity contribution is 5.41. The van der Waals surface area contributed by atoms with Crippen molar-refractivity contribution in [3.63, 3.8) is 0 Å². The molecule has 0 saturated carbocycles. The van der Waals surface area contributed by atoms with E-state index in [1.807, 2.05) is 6.33 Å². The minimum absolute atomic E-state index is 0.00689. The van der Waals surface area contributed by atoms with E-state index >= 15 is 0 Å². The summed E-state index contributed by atoms with van der Waals surface area (Å²) >= 11 is 0. The number of H-pyrrole nitrogens is 1. The molecule has 0 fully saturated rings. The van der Waals surface area contributed by atoms with E-state index in [1.165, 1.54) is 22.5 Å². The third-order valence-electron chi connectivity index (χ3n) is 4.74. The monoisotopic (exact) mass is 269 g/mol. The van der Waals surface area contributed by atoms with Crippen LogP contribution in [0.2, 0.25) is 0 Å². The van der Waals surface area contributed by atoms with Crippen molar-refractivity contribution in [2.45, 2.75) is 31.2 Å². The highest BCUT2D eigenvalue weighted by Crippen LogP contribution is 2.39. The van der Waals surface area contributed by atoms with Gasteiger partial charge in [0.2, 0.25) is 0 Å². The molecule has 2 aliphatic rings. The van der Waals surface area contributed by atoms with Gasteiger partial charge in [-0.05, 0) is 42.5 Å². The van der Waals surface area contributed by atoms with Crippen LogP contribution in [0.25, 0.3) is 0 Å². The number of methoxy groups -OCH3 is 1. The number of ether oxygens (including phenoxy) is 1.